The van der Waals surface area contributed by atoms with E-state index in [4.69, 9.17) is 19.2 Å². The minimum atomic E-state index is -1.30. The fourth-order valence-electron chi connectivity index (χ4n) is 5.60. The van der Waals surface area contributed by atoms with Crippen molar-refractivity contribution in [2.45, 2.75) is 84.1 Å². The monoisotopic (exact) mass is 713 g/mol. The number of hydrogen-bond acceptors (Lipinski definition) is 5. The molecule has 4 rings (SSSR count). The second-order valence-corrected chi connectivity index (χ2v) is 26.5. The molecule has 0 fully saturated rings. The number of nitrogens with zero attached hydrogens (tertiary/aromatic N) is 3. The minimum Gasteiger partial charge on any atom is -0.496 e. The number of rotatable bonds is 15. The fourth-order valence-corrected chi connectivity index (χ4v) is 7.46. The van der Waals surface area contributed by atoms with Crippen LogP contribution in [0.15, 0.2) is 53.2 Å². The predicted octanol–water partition coefficient (Wildman–Crippen LogP) is 8.64. The lowest BCUT2D eigenvalue weighted by Crippen LogP contribution is -2.28. The maximum atomic E-state index is 12.0. The number of imidazole rings is 1. The number of halogens is 1. The van der Waals surface area contributed by atoms with Gasteiger partial charge in [0.1, 0.15) is 25.0 Å². The molecule has 0 amide bonds. The first-order valence-electron chi connectivity index (χ1n) is 15.4. The third-order valence-electron chi connectivity index (χ3n) is 8.12. The quantitative estimate of drug-likeness (QED) is 0.0754. The summed E-state index contributed by atoms with van der Waals surface area (Å²) in [6, 6.07) is 12.2. The molecular formula is C34H48BrN3O5Si2. The third kappa shape index (κ3) is 8.37. The number of carboxylic acid groups (broad SMARTS) is 1. The summed E-state index contributed by atoms with van der Waals surface area (Å²) in [4.78, 5) is 17.2. The molecule has 1 unspecified atom stereocenters. The van der Waals surface area contributed by atoms with E-state index in [0.717, 1.165) is 49.6 Å². The van der Waals surface area contributed by atoms with Gasteiger partial charge in [0.25, 0.3) is 0 Å². The van der Waals surface area contributed by atoms with E-state index in [0.29, 0.717) is 31.5 Å². The Morgan fingerprint density at radius 1 is 1.02 bits per heavy atom. The molecule has 0 spiro atoms. The van der Waals surface area contributed by atoms with Gasteiger partial charge in [-0.3, -0.25) is 0 Å². The van der Waals surface area contributed by atoms with Crippen molar-refractivity contribution >= 4 is 60.0 Å². The molecule has 2 aromatic carbocycles. The van der Waals surface area contributed by atoms with Crippen LogP contribution < -0.4 is 4.74 Å². The van der Waals surface area contributed by atoms with Crippen molar-refractivity contribution in [2.24, 2.45) is 0 Å². The predicted molar refractivity (Wildman–Crippen MR) is 192 cm³/mol. The highest BCUT2D eigenvalue weighted by Gasteiger charge is 2.38. The first kappa shape index (κ1) is 35.2. The number of methoxy groups -OCH3 is 1. The molecule has 2 heterocycles. The van der Waals surface area contributed by atoms with E-state index in [1.807, 2.05) is 37.4 Å². The Bertz CT molecular complexity index is 1700. The van der Waals surface area contributed by atoms with Crippen LogP contribution >= 0.6 is 15.9 Å². The van der Waals surface area contributed by atoms with Gasteiger partial charge >= 0.3 is 5.97 Å². The Morgan fingerprint density at radius 2 is 1.67 bits per heavy atom. The Kier molecular flexibility index (Phi) is 10.9. The number of allylic oxidation sites excluding steroid dienone is 1. The maximum absolute atomic E-state index is 12.0. The fraction of sp³-hybridized carbons (Fsp3) is 0.471. The van der Waals surface area contributed by atoms with Crippen molar-refractivity contribution < 1.29 is 24.1 Å². The molecule has 1 atom stereocenters. The van der Waals surface area contributed by atoms with Crippen LogP contribution in [0.5, 0.6) is 5.75 Å². The van der Waals surface area contributed by atoms with Gasteiger partial charge in [-0.05, 0) is 61.8 Å². The van der Waals surface area contributed by atoms with Gasteiger partial charge in [0.2, 0.25) is 0 Å². The SMILES string of the molecule is COc1cc(C)c2c(ccn2COCC[Si](C)(C)C)c1C(C)(/C=C/C(=O)O)c1nc2cc(Br)ccc2n1COCC[Si](C)(C)C. The number of carbonyl (C=O) groups is 1. The highest BCUT2D eigenvalue weighted by molar-refractivity contribution is 9.10. The number of carboxylic acids is 1. The molecule has 2 aromatic heterocycles. The zero-order valence-electron chi connectivity index (χ0n) is 28.2. The number of benzene rings is 2. The van der Waals surface area contributed by atoms with Crippen molar-refractivity contribution in [3.8, 4) is 5.75 Å². The molecule has 0 bridgehead atoms. The average molecular weight is 715 g/mol. The van der Waals surface area contributed by atoms with Gasteiger partial charge < -0.3 is 28.5 Å². The van der Waals surface area contributed by atoms with Gasteiger partial charge in [0.15, 0.2) is 0 Å². The Morgan fingerprint density at radius 3 is 2.27 bits per heavy atom. The first-order chi connectivity index (χ1) is 21.0. The minimum absolute atomic E-state index is 0.289. The average Bonchev–Trinajstić information content (AvgIpc) is 3.53. The summed E-state index contributed by atoms with van der Waals surface area (Å²) in [7, 11) is -0.860. The van der Waals surface area contributed by atoms with Crippen LogP contribution in [0.3, 0.4) is 0 Å². The van der Waals surface area contributed by atoms with E-state index in [-0.39, 0.29) is 6.73 Å². The summed E-state index contributed by atoms with van der Waals surface area (Å²) in [5.41, 5.74) is 3.59. The number of aromatic nitrogens is 3. The lowest BCUT2D eigenvalue weighted by Gasteiger charge is -2.30. The largest absolute Gasteiger partial charge is 0.496 e. The highest BCUT2D eigenvalue weighted by Crippen LogP contribution is 2.45. The van der Waals surface area contributed by atoms with Crippen molar-refractivity contribution in [1.82, 2.24) is 14.1 Å². The van der Waals surface area contributed by atoms with E-state index < -0.39 is 27.5 Å². The second kappa shape index (κ2) is 14.0. The van der Waals surface area contributed by atoms with Crippen LogP contribution in [-0.4, -0.2) is 61.7 Å². The molecule has 0 aliphatic heterocycles. The number of aliphatic carboxylic acids is 1. The third-order valence-corrected chi connectivity index (χ3v) is 12.0. The van der Waals surface area contributed by atoms with Gasteiger partial charge in [0.05, 0.1) is 29.1 Å². The Hall–Kier alpha value is -2.71. The number of hydrogen-bond donors (Lipinski definition) is 1. The topological polar surface area (TPSA) is 87.7 Å². The molecule has 0 aliphatic carbocycles. The lowest BCUT2D eigenvalue weighted by molar-refractivity contribution is -0.131. The van der Waals surface area contributed by atoms with Crippen LogP contribution in [0, 0.1) is 6.92 Å². The van der Waals surface area contributed by atoms with E-state index in [2.05, 4.69) is 77.3 Å². The summed E-state index contributed by atoms with van der Waals surface area (Å²) >= 11 is 3.60. The number of fused-ring (bicyclic) bond motifs is 2. The molecule has 244 valence electrons. The zero-order chi connectivity index (χ0) is 33.2. The summed E-state index contributed by atoms with van der Waals surface area (Å²) in [5.74, 6) is 0.298. The molecule has 1 N–H and O–H groups in total. The van der Waals surface area contributed by atoms with Gasteiger partial charge in [0, 0.05) is 57.1 Å². The molecule has 0 saturated carbocycles. The lowest BCUT2D eigenvalue weighted by atomic mass is 9.78. The van der Waals surface area contributed by atoms with Crippen LogP contribution in [0.4, 0.5) is 0 Å². The normalized spacial score (nSPS) is 14.1. The zero-order valence-corrected chi connectivity index (χ0v) is 31.7. The van der Waals surface area contributed by atoms with E-state index in [1.165, 1.54) is 6.08 Å². The van der Waals surface area contributed by atoms with Crippen LogP contribution in [-0.2, 0) is 33.1 Å². The van der Waals surface area contributed by atoms with E-state index in [1.54, 1.807) is 13.2 Å². The van der Waals surface area contributed by atoms with Gasteiger partial charge in [-0.15, -0.1) is 0 Å². The van der Waals surface area contributed by atoms with Crippen molar-refractivity contribution in [2.75, 3.05) is 20.3 Å². The van der Waals surface area contributed by atoms with Crippen molar-refractivity contribution in [1.29, 1.82) is 0 Å². The molecule has 0 aliphatic rings. The van der Waals surface area contributed by atoms with Gasteiger partial charge in [-0.25, -0.2) is 9.78 Å². The Labute approximate surface area is 277 Å². The second-order valence-electron chi connectivity index (χ2n) is 14.4. The standard InChI is InChI=1S/C34H48BrN3O5Si2/c1-24-20-29(41-3)31(26-13-15-37(32(24)26)22-42-16-18-44(4,5)6)34(2,14-12-30(39)40)33-36-27-21-25(35)10-11-28(27)38(33)23-43-17-19-45(7,8)9/h10-15,20-21H,16-19,22-23H2,1-9H3,(H,39,40)/b14-12+. The maximum Gasteiger partial charge on any atom is 0.328 e. The summed E-state index contributed by atoms with van der Waals surface area (Å²) in [6.45, 7) is 20.2. The molecule has 8 nitrogen and oxygen atoms in total. The Balaban J connectivity index is 1.91. The smallest absolute Gasteiger partial charge is 0.328 e. The molecule has 11 heteroatoms. The molecule has 0 saturated heterocycles. The molecule has 4 aromatic rings. The van der Waals surface area contributed by atoms with Crippen LogP contribution in [0.1, 0.15) is 23.9 Å². The molecule has 45 heavy (non-hydrogen) atoms. The summed E-state index contributed by atoms with van der Waals surface area (Å²) in [5, 5.41) is 10.8. The highest BCUT2D eigenvalue weighted by atomic mass is 79.9. The first-order valence-corrected chi connectivity index (χ1v) is 23.7. The van der Waals surface area contributed by atoms with Crippen LogP contribution in [0.2, 0.25) is 51.4 Å². The number of ether oxygens (including phenoxy) is 3. The molecular weight excluding hydrogens is 666 g/mol. The number of aryl methyl sites for hydroxylation is 1. The van der Waals surface area contributed by atoms with Crippen LogP contribution in [0.25, 0.3) is 21.9 Å². The van der Waals surface area contributed by atoms with Crippen molar-refractivity contribution in [3.63, 3.8) is 0 Å². The van der Waals surface area contributed by atoms with Gasteiger partial charge in [-0.1, -0.05) is 61.3 Å². The van der Waals surface area contributed by atoms with Gasteiger partial charge in [-0.2, -0.15) is 0 Å². The van der Waals surface area contributed by atoms with Crippen molar-refractivity contribution in [3.05, 3.63) is 70.1 Å². The van der Waals surface area contributed by atoms with E-state index in [9.17, 15) is 9.90 Å². The molecule has 0 radical (unpaired) electrons. The summed E-state index contributed by atoms with van der Waals surface area (Å²) in [6.07, 6.45) is 4.96. The van der Waals surface area contributed by atoms with E-state index >= 15 is 0 Å². The summed E-state index contributed by atoms with van der Waals surface area (Å²) < 4.78 is 23.6.